The molecule has 1 fully saturated rings. The molecule has 1 aliphatic heterocycles. The van der Waals surface area contributed by atoms with E-state index in [0.29, 0.717) is 5.92 Å². The third-order valence-electron chi connectivity index (χ3n) is 2.74. The Hall–Kier alpha value is -0.350. The van der Waals surface area contributed by atoms with Gasteiger partial charge in [0.2, 0.25) is 0 Å². The van der Waals surface area contributed by atoms with Crippen molar-refractivity contribution in [2.24, 2.45) is 5.92 Å². The molecule has 0 radical (unpaired) electrons. The Bertz CT molecular complexity index is 336. The Morgan fingerprint density at radius 1 is 1.31 bits per heavy atom. The predicted molar refractivity (Wildman–Crippen MR) is 54.8 cm³/mol. The smallest absolute Gasteiger partial charge is 0.550 e. The van der Waals surface area contributed by atoms with Crippen molar-refractivity contribution in [1.82, 2.24) is 4.90 Å². The summed E-state index contributed by atoms with van der Waals surface area (Å²) in [4.78, 5) is 12.6. The molecule has 0 bridgehead atoms. The predicted octanol–water partition coefficient (Wildman–Crippen LogP) is -2.74. The molecule has 0 saturated carbocycles. The van der Waals surface area contributed by atoms with Crippen molar-refractivity contribution < 1.29 is 39.5 Å². The number of carbonyl (C=O) groups is 1. The minimum Gasteiger partial charge on any atom is -0.550 e. The van der Waals surface area contributed by atoms with E-state index < -0.39 is 5.97 Å². The molecule has 4 heteroatoms. The van der Waals surface area contributed by atoms with Crippen molar-refractivity contribution in [2.45, 2.75) is 13.0 Å². The van der Waals surface area contributed by atoms with Gasteiger partial charge in [0.25, 0.3) is 0 Å². The zero-order valence-corrected chi connectivity index (χ0v) is 11.6. The van der Waals surface area contributed by atoms with E-state index in [1.54, 1.807) is 0 Å². The number of likely N-dealkylation sites (tertiary alicyclic amines) is 1. The van der Waals surface area contributed by atoms with Gasteiger partial charge < -0.3 is 9.90 Å². The maximum atomic E-state index is 10.3. The first-order chi connectivity index (χ1) is 7.24. The number of benzene rings is 1. The van der Waals surface area contributed by atoms with Crippen LogP contribution in [0, 0.1) is 5.92 Å². The topological polar surface area (TPSA) is 43.4 Å². The average Bonchev–Trinajstić information content (AvgIpc) is 2.15. The van der Waals surface area contributed by atoms with Crippen molar-refractivity contribution in [3.8, 4) is 0 Å². The minimum absolute atomic E-state index is 0. The van der Waals surface area contributed by atoms with Crippen molar-refractivity contribution in [2.75, 3.05) is 13.1 Å². The van der Waals surface area contributed by atoms with Crippen LogP contribution in [0.1, 0.15) is 12.0 Å². The average molecular weight is 227 g/mol. The van der Waals surface area contributed by atoms with Gasteiger partial charge in [-0.15, -0.1) is 0 Å². The number of hydrogen-bond acceptors (Lipinski definition) is 3. The van der Waals surface area contributed by atoms with Gasteiger partial charge in [-0.25, -0.2) is 0 Å². The molecule has 0 unspecified atom stereocenters. The standard InChI is InChI=1S/C12H15NO2.Na/c14-12(15)6-11-8-13(9-11)7-10-4-2-1-3-5-10;/h1-5,11H,6-9H2,(H,14,15);/q;+1/p-1. The van der Waals surface area contributed by atoms with E-state index in [1.807, 2.05) is 18.2 Å². The summed E-state index contributed by atoms with van der Waals surface area (Å²) in [6.45, 7) is 2.68. The number of rotatable bonds is 4. The van der Waals surface area contributed by atoms with Crippen LogP contribution in [0.4, 0.5) is 0 Å². The van der Waals surface area contributed by atoms with Crippen molar-refractivity contribution in [3.63, 3.8) is 0 Å². The molecule has 1 aromatic carbocycles. The van der Waals surface area contributed by atoms with Crippen LogP contribution in [0.25, 0.3) is 0 Å². The first kappa shape index (κ1) is 13.7. The van der Waals surface area contributed by atoms with Crippen LogP contribution in [-0.4, -0.2) is 24.0 Å². The third kappa shape index (κ3) is 3.91. The van der Waals surface area contributed by atoms with E-state index in [4.69, 9.17) is 0 Å². The molecule has 0 aromatic heterocycles. The summed E-state index contributed by atoms with van der Waals surface area (Å²) in [5.74, 6) is -0.641. The van der Waals surface area contributed by atoms with E-state index >= 15 is 0 Å². The normalized spacial score (nSPS) is 16.2. The first-order valence-corrected chi connectivity index (χ1v) is 5.20. The summed E-state index contributed by atoms with van der Waals surface area (Å²) in [5.41, 5.74) is 1.28. The fourth-order valence-electron chi connectivity index (χ4n) is 2.01. The molecule has 0 N–H and O–H groups in total. The Morgan fingerprint density at radius 3 is 2.50 bits per heavy atom. The molecule has 80 valence electrons. The quantitative estimate of drug-likeness (QED) is 0.524. The molecular formula is C12H14NNaO2. The van der Waals surface area contributed by atoms with E-state index in [-0.39, 0.29) is 36.0 Å². The molecule has 2 rings (SSSR count). The Balaban J connectivity index is 0.00000128. The van der Waals surface area contributed by atoms with Gasteiger partial charge in [0, 0.05) is 25.6 Å². The summed E-state index contributed by atoms with van der Waals surface area (Å²) in [6.07, 6.45) is 0.200. The molecule has 0 spiro atoms. The van der Waals surface area contributed by atoms with Crippen LogP contribution in [0.5, 0.6) is 0 Å². The molecule has 3 nitrogen and oxygen atoms in total. The van der Waals surface area contributed by atoms with Gasteiger partial charge in [-0.3, -0.25) is 4.90 Å². The molecule has 1 aliphatic rings. The van der Waals surface area contributed by atoms with Gasteiger partial charge in [-0.2, -0.15) is 0 Å². The number of carboxylic acid groups (broad SMARTS) is 1. The molecule has 0 atom stereocenters. The van der Waals surface area contributed by atoms with E-state index in [9.17, 15) is 9.90 Å². The van der Waals surface area contributed by atoms with Gasteiger partial charge >= 0.3 is 29.6 Å². The van der Waals surface area contributed by atoms with Crippen LogP contribution < -0.4 is 34.7 Å². The van der Waals surface area contributed by atoms with Crippen molar-refractivity contribution in [1.29, 1.82) is 0 Å². The SMILES string of the molecule is O=C([O-])CC1CN(Cc2ccccc2)C1.[Na+]. The Kier molecular flexibility index (Phi) is 5.49. The minimum atomic E-state index is -0.931. The van der Waals surface area contributed by atoms with Crippen LogP contribution >= 0.6 is 0 Å². The second kappa shape index (κ2) is 6.40. The summed E-state index contributed by atoms with van der Waals surface area (Å²) in [5, 5.41) is 10.3. The maximum absolute atomic E-state index is 10.3. The van der Waals surface area contributed by atoms with Crippen LogP contribution in [0.15, 0.2) is 30.3 Å². The van der Waals surface area contributed by atoms with E-state index in [1.165, 1.54) is 5.56 Å². The number of carboxylic acids is 1. The molecule has 0 aliphatic carbocycles. The van der Waals surface area contributed by atoms with E-state index in [2.05, 4.69) is 17.0 Å². The van der Waals surface area contributed by atoms with E-state index in [0.717, 1.165) is 19.6 Å². The summed E-state index contributed by atoms with van der Waals surface area (Å²) < 4.78 is 0. The summed E-state index contributed by atoms with van der Waals surface area (Å²) in [6, 6.07) is 10.2. The number of nitrogens with zero attached hydrogens (tertiary/aromatic N) is 1. The molecule has 0 amide bonds. The molecule has 1 heterocycles. The van der Waals surface area contributed by atoms with Gasteiger partial charge in [-0.05, 0) is 17.9 Å². The largest absolute Gasteiger partial charge is 1.00 e. The Labute approximate surface area is 118 Å². The molecule has 1 saturated heterocycles. The number of carbonyl (C=O) groups excluding carboxylic acids is 1. The van der Waals surface area contributed by atoms with Gasteiger partial charge in [-0.1, -0.05) is 30.3 Å². The first-order valence-electron chi connectivity index (χ1n) is 5.20. The molecule has 1 aromatic rings. The third-order valence-corrected chi connectivity index (χ3v) is 2.74. The fourth-order valence-corrected chi connectivity index (χ4v) is 2.01. The van der Waals surface area contributed by atoms with Crippen LogP contribution in [0.3, 0.4) is 0 Å². The van der Waals surface area contributed by atoms with Gasteiger partial charge in [0.1, 0.15) is 0 Å². The number of hydrogen-bond donors (Lipinski definition) is 0. The number of aliphatic carboxylic acids is 1. The Morgan fingerprint density at radius 2 is 1.94 bits per heavy atom. The summed E-state index contributed by atoms with van der Waals surface area (Å²) >= 11 is 0. The zero-order valence-electron chi connectivity index (χ0n) is 9.56. The van der Waals surface area contributed by atoms with Crippen LogP contribution in [-0.2, 0) is 11.3 Å². The monoisotopic (exact) mass is 227 g/mol. The van der Waals surface area contributed by atoms with Gasteiger partial charge in [0.05, 0.1) is 0 Å². The summed E-state index contributed by atoms with van der Waals surface area (Å²) in [7, 11) is 0. The second-order valence-corrected chi connectivity index (χ2v) is 4.12. The second-order valence-electron chi connectivity index (χ2n) is 4.12. The maximum Gasteiger partial charge on any atom is 1.00 e. The van der Waals surface area contributed by atoms with Crippen molar-refractivity contribution in [3.05, 3.63) is 35.9 Å². The van der Waals surface area contributed by atoms with Crippen molar-refractivity contribution >= 4 is 5.97 Å². The zero-order chi connectivity index (χ0) is 10.7. The fraction of sp³-hybridized carbons (Fsp3) is 0.417. The molecule has 16 heavy (non-hydrogen) atoms. The van der Waals surface area contributed by atoms with Crippen LogP contribution in [0.2, 0.25) is 0 Å². The molecular weight excluding hydrogens is 213 g/mol. The van der Waals surface area contributed by atoms with Gasteiger partial charge in [0.15, 0.2) is 0 Å².